The second-order valence-electron chi connectivity index (χ2n) is 0. The fourth-order valence-corrected chi connectivity index (χ4v) is 0. The van der Waals surface area contributed by atoms with E-state index < -0.39 is 0 Å². The van der Waals surface area contributed by atoms with Crippen LogP contribution in [-0.4, -0.2) is 66.2 Å². The molecule has 0 aliphatic heterocycles. The van der Waals surface area contributed by atoms with E-state index in [-0.39, 0.29) is 165 Å². The van der Waals surface area contributed by atoms with Gasteiger partial charge in [-0.2, -0.15) is 0 Å². The molecule has 6 heteroatoms. The van der Waals surface area contributed by atoms with Crippen LogP contribution in [0.25, 0.3) is 0 Å². The topological polar surface area (TPSA) is 0 Å². The second kappa shape index (κ2) is 32.1. The van der Waals surface area contributed by atoms with Crippen molar-refractivity contribution in [2.24, 2.45) is 0 Å². The van der Waals surface area contributed by atoms with Gasteiger partial charge in [-0.15, -0.1) is 0 Å². The van der Waals surface area contributed by atoms with Crippen molar-refractivity contribution in [2.45, 2.75) is 0 Å². The Morgan fingerprint density at radius 2 is 1.17 bits per heavy atom. The van der Waals surface area contributed by atoms with Crippen molar-refractivity contribution in [2.75, 3.05) is 0 Å². The molecule has 4 radical (unpaired) electrons. The van der Waals surface area contributed by atoms with Gasteiger partial charge >= 0.3 is 78.4 Å². The molecule has 0 aromatic rings. The Kier molecular flexibility index (Phi) is 233. The van der Waals surface area contributed by atoms with Crippen LogP contribution in [0.5, 0.6) is 0 Å². The van der Waals surface area contributed by atoms with E-state index in [1.807, 2.05) is 0 Å². The molecule has 0 fully saturated rings. The molecule has 0 aromatic heterocycles. The van der Waals surface area contributed by atoms with Gasteiger partial charge in [0.1, 0.15) is 0 Å². The zero-order chi connectivity index (χ0) is 0. The fourth-order valence-electron chi connectivity index (χ4n) is 0. The molecule has 0 aromatic carbocycles. The minimum atomic E-state index is 0. The Labute approximate surface area is 160 Å². The van der Waals surface area contributed by atoms with Crippen LogP contribution < -0.4 is 34.3 Å². The molecule has 0 aliphatic carbocycles. The van der Waals surface area contributed by atoms with Crippen LogP contribution >= 0.6 is 0 Å². The van der Waals surface area contributed by atoms with E-state index in [1.54, 1.807) is 0 Å². The molecule has 0 N–H and O–H groups in total. The van der Waals surface area contributed by atoms with Gasteiger partial charge in [0, 0.05) is 79.2 Å². The third-order valence-corrected chi connectivity index (χ3v) is 0. The van der Waals surface area contributed by atoms with Crippen molar-refractivity contribution < 1.29 is 98.9 Å². The summed E-state index contributed by atoms with van der Waals surface area (Å²) in [6.45, 7) is 0. The second-order valence-corrected chi connectivity index (χ2v) is 0. The van der Waals surface area contributed by atoms with Crippen molar-refractivity contribution >= 4 is 66.2 Å². The van der Waals surface area contributed by atoms with Gasteiger partial charge in [-0.05, 0) is 0 Å². The van der Waals surface area contributed by atoms with Crippen molar-refractivity contribution in [3.05, 3.63) is 0 Å². The Morgan fingerprint density at radius 1 is 1.17 bits per heavy atom. The molecule has 0 spiro atoms. The van der Waals surface area contributed by atoms with Crippen molar-refractivity contribution in [1.29, 1.82) is 0 Å². The zero-order valence-corrected chi connectivity index (χ0v) is 17.4. The summed E-state index contributed by atoms with van der Waals surface area (Å²) in [7, 11) is 0. The molecule has 0 rings (SSSR count). The smallest absolute Gasteiger partial charge is 1.00 e. The van der Waals surface area contributed by atoms with Crippen LogP contribution in [0, 0.1) is 35.6 Å². The summed E-state index contributed by atoms with van der Waals surface area (Å²) < 4.78 is 0. The summed E-state index contributed by atoms with van der Waals surface area (Å²) in [5.74, 6) is 0. The Morgan fingerprint density at radius 3 is 1.17 bits per heavy atom. The minimum Gasteiger partial charge on any atom is -1.00 e. The molecule has 22 valence electrons. The van der Waals surface area contributed by atoms with Crippen molar-refractivity contribution in [1.82, 2.24) is 0 Å². The predicted octanol–water partition coefficient (Wildman–Crippen LogP) is -6.53. The summed E-state index contributed by atoms with van der Waals surface area (Å²) in [6, 6.07) is 0. The molecule has 0 atom stereocenters. The molecular formula is H2AlBaFLaNaZr. The normalized spacial score (nSPS) is 0. The molecular weight excluding hydrogens is 436 g/mol. The predicted molar refractivity (Wildman–Crippen MR) is 13.7 cm³/mol. The van der Waals surface area contributed by atoms with Crippen LogP contribution in [0.15, 0.2) is 0 Å². The first-order valence-corrected chi connectivity index (χ1v) is 0. The number of hydrogen-bond donors (Lipinski definition) is 0. The van der Waals surface area contributed by atoms with Crippen LogP contribution in [0.2, 0.25) is 0 Å². The van der Waals surface area contributed by atoms with Gasteiger partial charge in [0.05, 0.1) is 0 Å². The molecule has 0 unspecified atom stereocenters. The zero-order valence-electron chi connectivity index (χ0n) is 5.74. The standard InChI is InChI=1S/Al.Ba.FH.La.Na.Zr.2H/h;;1H;;;;;/q;+2;;;+1;;2*-1/p-1. The van der Waals surface area contributed by atoms with Crippen molar-refractivity contribution in [3.63, 3.8) is 0 Å². The van der Waals surface area contributed by atoms with E-state index in [4.69, 9.17) is 0 Å². The van der Waals surface area contributed by atoms with Gasteiger partial charge in [0.2, 0.25) is 0 Å². The van der Waals surface area contributed by atoms with Gasteiger partial charge in [0.25, 0.3) is 0 Å². The van der Waals surface area contributed by atoms with Crippen LogP contribution in [0.1, 0.15) is 2.85 Å². The van der Waals surface area contributed by atoms with Gasteiger partial charge in [-0.3, -0.25) is 0 Å². The number of halogens is 1. The third kappa shape index (κ3) is 22.9. The van der Waals surface area contributed by atoms with Gasteiger partial charge < -0.3 is 7.56 Å². The SMILES string of the molecule is [Al].[Ba+2].[F-].[H-].[H-].[La].[Na+].[Zr]. The molecule has 0 aliphatic rings. The maximum Gasteiger partial charge on any atom is 2.00 e. The Bertz CT molecular complexity index is 22.0. The van der Waals surface area contributed by atoms with E-state index in [2.05, 4.69) is 0 Å². The summed E-state index contributed by atoms with van der Waals surface area (Å²) in [5, 5.41) is 0. The summed E-state index contributed by atoms with van der Waals surface area (Å²) in [5.41, 5.74) is 0. The first-order valence-electron chi connectivity index (χ1n) is 0. The largest absolute Gasteiger partial charge is 2.00 e. The summed E-state index contributed by atoms with van der Waals surface area (Å²) >= 11 is 0. The number of rotatable bonds is 0. The monoisotopic (exact) mass is 438 g/mol. The first-order chi connectivity index (χ1) is 0. The summed E-state index contributed by atoms with van der Waals surface area (Å²) in [6.07, 6.45) is 0. The Balaban J connectivity index is 0. The summed E-state index contributed by atoms with van der Waals surface area (Å²) in [4.78, 5) is 0. The van der Waals surface area contributed by atoms with Gasteiger partial charge in [-0.1, -0.05) is 0 Å². The minimum absolute atomic E-state index is 0. The molecule has 0 nitrogen and oxygen atoms in total. The van der Waals surface area contributed by atoms with Crippen molar-refractivity contribution in [3.8, 4) is 0 Å². The van der Waals surface area contributed by atoms with E-state index in [9.17, 15) is 0 Å². The molecule has 0 amide bonds. The van der Waals surface area contributed by atoms with E-state index >= 15 is 0 Å². The van der Waals surface area contributed by atoms with Crippen LogP contribution in [0.3, 0.4) is 0 Å². The van der Waals surface area contributed by atoms with Gasteiger partial charge in [-0.25, -0.2) is 0 Å². The van der Waals surface area contributed by atoms with Crippen LogP contribution in [-0.2, 0) is 26.2 Å². The average molecular weight is 438 g/mol. The van der Waals surface area contributed by atoms with E-state index in [0.717, 1.165) is 0 Å². The fraction of sp³-hybridized carbons (Fsp3) is 0. The molecule has 0 heterocycles. The quantitative estimate of drug-likeness (QED) is 0.330. The maximum absolute atomic E-state index is 0. The maximum atomic E-state index is 0. The molecule has 0 saturated heterocycles. The van der Waals surface area contributed by atoms with Crippen LogP contribution in [0.4, 0.5) is 0 Å². The Hall–Kier alpha value is 5.11. The third-order valence-electron chi connectivity index (χ3n) is 0. The van der Waals surface area contributed by atoms with E-state index in [1.165, 1.54) is 0 Å². The average Bonchev–Trinajstić information content (AvgIpc) is 0. The van der Waals surface area contributed by atoms with Gasteiger partial charge in [0.15, 0.2) is 0 Å². The molecule has 6 heavy (non-hydrogen) atoms. The van der Waals surface area contributed by atoms with E-state index in [0.29, 0.717) is 0 Å². The number of hydrogen-bond acceptors (Lipinski definition) is 0. The first kappa shape index (κ1) is 43.5. The molecule has 0 bridgehead atoms. The molecule has 0 saturated carbocycles.